The molecular formula is C42H84LiNO2. The van der Waals surface area contributed by atoms with Crippen LogP contribution in [0.4, 0.5) is 0 Å². The smallest absolute Gasteiger partial charge is 0.550 e. The van der Waals surface area contributed by atoms with Crippen LogP contribution >= 0.6 is 0 Å². The van der Waals surface area contributed by atoms with Crippen LogP contribution in [-0.2, 0) is 4.79 Å². The molecule has 0 aromatic carbocycles. The second-order valence-electron chi connectivity index (χ2n) is 14.6. The molecule has 0 spiro atoms. The third-order valence-electron chi connectivity index (χ3n) is 10.3. The van der Waals surface area contributed by atoms with Crippen LogP contribution in [-0.4, -0.2) is 30.0 Å². The molecule has 3 nitrogen and oxygen atoms in total. The topological polar surface area (TPSA) is 43.4 Å². The molecule has 4 heteroatoms. The van der Waals surface area contributed by atoms with Crippen LogP contribution in [0.5, 0.6) is 0 Å². The number of hydrogen-bond donors (Lipinski definition) is 0. The molecule has 1 unspecified atom stereocenters. The van der Waals surface area contributed by atoms with Gasteiger partial charge in [0, 0.05) is 12.0 Å². The molecule has 46 heavy (non-hydrogen) atoms. The van der Waals surface area contributed by atoms with E-state index in [1.165, 1.54) is 205 Å². The maximum absolute atomic E-state index is 11.1. The molecule has 0 bridgehead atoms. The van der Waals surface area contributed by atoms with Crippen molar-refractivity contribution in [3.05, 3.63) is 0 Å². The summed E-state index contributed by atoms with van der Waals surface area (Å²) >= 11 is 0. The summed E-state index contributed by atoms with van der Waals surface area (Å²) < 4.78 is 0. The van der Waals surface area contributed by atoms with Crippen molar-refractivity contribution in [2.45, 2.75) is 252 Å². The molecule has 0 aliphatic rings. The minimum atomic E-state index is -0.891. The average Bonchev–Trinajstić information content (AvgIpc) is 3.04. The van der Waals surface area contributed by atoms with E-state index in [9.17, 15) is 9.90 Å². The van der Waals surface area contributed by atoms with E-state index in [1.807, 2.05) is 0 Å². The Labute approximate surface area is 303 Å². The third kappa shape index (κ3) is 36.9. The fraction of sp³-hybridized carbons (Fsp3) is 0.976. The number of aliphatic carboxylic acids is 1. The van der Waals surface area contributed by atoms with Gasteiger partial charge in [0.2, 0.25) is 0 Å². The molecule has 0 fully saturated rings. The minimum Gasteiger partial charge on any atom is -0.550 e. The second kappa shape index (κ2) is 41.2. The first-order chi connectivity index (χ1) is 22.2. The van der Waals surface area contributed by atoms with Crippen molar-refractivity contribution >= 4 is 5.97 Å². The SMILES string of the molecule is CCCCCCCCCCCCCCCCCCN(CCCCCCCCCCCCCCCCCC)C(CC)CCC(=O)[O-].[Li+]. The van der Waals surface area contributed by atoms with Gasteiger partial charge >= 0.3 is 18.9 Å². The molecule has 0 amide bonds. The molecule has 0 heterocycles. The van der Waals surface area contributed by atoms with Crippen LogP contribution in [0.2, 0.25) is 0 Å². The van der Waals surface area contributed by atoms with Crippen LogP contribution in [0.3, 0.4) is 0 Å². The van der Waals surface area contributed by atoms with E-state index in [4.69, 9.17) is 0 Å². The largest absolute Gasteiger partial charge is 1.00 e. The van der Waals surface area contributed by atoms with Crippen molar-refractivity contribution in [1.82, 2.24) is 4.90 Å². The Morgan fingerprint density at radius 3 is 0.891 bits per heavy atom. The molecule has 0 aromatic rings. The molecule has 0 rings (SSSR count). The number of nitrogens with zero attached hydrogens (tertiary/aromatic N) is 1. The van der Waals surface area contributed by atoms with E-state index in [1.54, 1.807) is 0 Å². The molecule has 0 saturated carbocycles. The van der Waals surface area contributed by atoms with E-state index < -0.39 is 5.97 Å². The summed E-state index contributed by atoms with van der Waals surface area (Å²) in [5.41, 5.74) is 0. The average molecular weight is 642 g/mol. The predicted octanol–water partition coefficient (Wildman–Crippen LogP) is 10.1. The Morgan fingerprint density at radius 1 is 0.435 bits per heavy atom. The monoisotopic (exact) mass is 642 g/mol. The molecule has 0 aliphatic heterocycles. The first-order valence-electron chi connectivity index (χ1n) is 21.1. The summed E-state index contributed by atoms with van der Waals surface area (Å²) in [4.78, 5) is 13.8. The summed E-state index contributed by atoms with van der Waals surface area (Å²) in [6.07, 6.45) is 47.0. The molecule has 0 aromatic heterocycles. The Morgan fingerprint density at radius 2 is 0.674 bits per heavy atom. The standard InChI is InChI=1S/C42H85NO2.Li/c1-4-7-9-11-13-15-17-19-21-23-25-27-29-31-33-35-39-43(41(6-3)37-38-42(44)45)40-36-34-32-30-28-26-24-22-20-18-16-14-12-10-8-5-2;/h41H,4-40H2,1-3H3,(H,44,45);/q;+1/p-1. The third-order valence-corrected chi connectivity index (χ3v) is 10.3. The van der Waals surface area contributed by atoms with Crippen LogP contribution in [0.1, 0.15) is 245 Å². The maximum Gasteiger partial charge on any atom is 1.00 e. The summed E-state index contributed by atoms with van der Waals surface area (Å²) in [5, 5.41) is 11.1. The van der Waals surface area contributed by atoms with Gasteiger partial charge in [-0.3, -0.25) is 0 Å². The van der Waals surface area contributed by atoms with Crippen molar-refractivity contribution in [2.24, 2.45) is 0 Å². The number of carbonyl (C=O) groups is 1. The van der Waals surface area contributed by atoms with Crippen LogP contribution in [0.25, 0.3) is 0 Å². The summed E-state index contributed by atoms with van der Waals surface area (Å²) in [6.45, 7) is 9.10. The van der Waals surface area contributed by atoms with Crippen molar-refractivity contribution in [3.8, 4) is 0 Å². The Balaban J connectivity index is 0. The van der Waals surface area contributed by atoms with Gasteiger partial charge in [0.05, 0.1) is 0 Å². The van der Waals surface area contributed by atoms with Gasteiger partial charge in [0.25, 0.3) is 0 Å². The van der Waals surface area contributed by atoms with Gasteiger partial charge in [0.1, 0.15) is 0 Å². The van der Waals surface area contributed by atoms with Crippen molar-refractivity contribution in [1.29, 1.82) is 0 Å². The van der Waals surface area contributed by atoms with E-state index in [2.05, 4.69) is 25.7 Å². The van der Waals surface area contributed by atoms with Gasteiger partial charge in [0.15, 0.2) is 0 Å². The molecule has 0 aliphatic carbocycles. The summed E-state index contributed by atoms with van der Waals surface area (Å²) in [7, 11) is 0. The number of carboxylic acids is 1. The fourth-order valence-electron chi connectivity index (χ4n) is 7.13. The number of rotatable bonds is 39. The van der Waals surface area contributed by atoms with E-state index in [0.717, 1.165) is 25.9 Å². The quantitative estimate of drug-likeness (QED) is 0.0496. The molecule has 0 N–H and O–H groups in total. The van der Waals surface area contributed by atoms with Crippen LogP contribution < -0.4 is 24.0 Å². The number of carbonyl (C=O) groups excluding carboxylic acids is 1. The number of hydrogen-bond acceptors (Lipinski definition) is 3. The zero-order valence-corrected chi connectivity index (χ0v) is 32.5. The number of unbranched alkanes of at least 4 members (excludes halogenated alkanes) is 30. The van der Waals surface area contributed by atoms with Gasteiger partial charge in [-0.25, -0.2) is 0 Å². The van der Waals surface area contributed by atoms with Gasteiger partial charge in [-0.05, 0) is 45.2 Å². The van der Waals surface area contributed by atoms with Gasteiger partial charge in [-0.15, -0.1) is 0 Å². The number of carboxylic acid groups (broad SMARTS) is 1. The molecule has 0 radical (unpaired) electrons. The summed E-state index contributed by atoms with van der Waals surface area (Å²) in [6, 6.07) is 0.399. The zero-order valence-electron chi connectivity index (χ0n) is 32.5. The van der Waals surface area contributed by atoms with Gasteiger partial charge in [-0.1, -0.05) is 213 Å². The predicted molar refractivity (Wildman–Crippen MR) is 199 cm³/mol. The second-order valence-corrected chi connectivity index (χ2v) is 14.6. The maximum atomic E-state index is 11.1. The first-order valence-corrected chi connectivity index (χ1v) is 21.1. The Hall–Kier alpha value is 0.0274. The van der Waals surface area contributed by atoms with Crippen LogP contribution in [0, 0.1) is 0 Å². The minimum absolute atomic E-state index is 0. The normalized spacial score (nSPS) is 12.1. The van der Waals surface area contributed by atoms with E-state index in [0.29, 0.717) is 6.04 Å². The summed E-state index contributed by atoms with van der Waals surface area (Å²) in [5.74, 6) is -0.891. The zero-order chi connectivity index (χ0) is 32.9. The first kappa shape index (κ1) is 48.1. The fourth-order valence-corrected chi connectivity index (χ4v) is 7.13. The molecule has 270 valence electrons. The van der Waals surface area contributed by atoms with Crippen molar-refractivity contribution < 1.29 is 28.8 Å². The Bertz CT molecular complexity index is 536. The van der Waals surface area contributed by atoms with Crippen molar-refractivity contribution in [2.75, 3.05) is 13.1 Å². The van der Waals surface area contributed by atoms with Gasteiger partial charge < -0.3 is 14.8 Å². The Kier molecular flexibility index (Phi) is 43.1. The molecule has 0 saturated heterocycles. The molecule has 1 atom stereocenters. The van der Waals surface area contributed by atoms with E-state index >= 15 is 0 Å². The van der Waals surface area contributed by atoms with Crippen LogP contribution in [0.15, 0.2) is 0 Å². The van der Waals surface area contributed by atoms with Crippen molar-refractivity contribution in [3.63, 3.8) is 0 Å². The van der Waals surface area contributed by atoms with Gasteiger partial charge in [-0.2, -0.15) is 0 Å². The van der Waals surface area contributed by atoms with E-state index in [-0.39, 0.29) is 25.3 Å². The molecular weight excluding hydrogens is 557 g/mol.